The average Bonchev–Trinajstić information content (AvgIpc) is 2.88. The van der Waals surface area contributed by atoms with Crippen LogP contribution >= 0.6 is 11.8 Å². The van der Waals surface area contributed by atoms with Crippen LogP contribution in [0.1, 0.15) is 17.2 Å². The zero-order valence-corrected chi connectivity index (χ0v) is 10.6. The van der Waals surface area contributed by atoms with Gasteiger partial charge < -0.3 is 10.7 Å². The molecule has 1 aromatic carbocycles. The van der Waals surface area contributed by atoms with Crippen molar-refractivity contribution in [3.63, 3.8) is 0 Å². The van der Waals surface area contributed by atoms with Crippen LogP contribution in [0.5, 0.6) is 0 Å². The summed E-state index contributed by atoms with van der Waals surface area (Å²) in [6, 6.07) is 4.59. The second kappa shape index (κ2) is 5.66. The molecule has 0 fully saturated rings. The molecule has 1 unspecified atom stereocenters. The molecule has 0 aliphatic rings. The van der Waals surface area contributed by atoms with E-state index in [0.29, 0.717) is 11.3 Å². The lowest BCUT2D eigenvalue weighted by Crippen LogP contribution is -2.13. The molecule has 1 heterocycles. The van der Waals surface area contributed by atoms with Crippen LogP contribution in [0.25, 0.3) is 0 Å². The lowest BCUT2D eigenvalue weighted by atomic mass is 10.1. The molecular weight excluding hydrogens is 275 g/mol. The van der Waals surface area contributed by atoms with Gasteiger partial charge >= 0.3 is 6.18 Å². The van der Waals surface area contributed by atoms with E-state index in [9.17, 15) is 13.2 Å². The molecule has 19 heavy (non-hydrogen) atoms. The van der Waals surface area contributed by atoms with E-state index in [2.05, 4.69) is 9.97 Å². The largest absolute Gasteiger partial charge is 0.416 e. The van der Waals surface area contributed by atoms with Crippen molar-refractivity contribution in [2.24, 2.45) is 5.73 Å². The normalized spacial score (nSPS) is 13.5. The number of aromatic nitrogens is 2. The summed E-state index contributed by atoms with van der Waals surface area (Å²) in [4.78, 5) is 6.95. The molecule has 1 atom stereocenters. The Balaban J connectivity index is 1.97. The third-order valence-electron chi connectivity index (χ3n) is 2.54. The van der Waals surface area contributed by atoms with Gasteiger partial charge in [0.1, 0.15) is 0 Å². The number of H-pyrrole nitrogens is 1. The molecule has 0 aliphatic carbocycles. The van der Waals surface area contributed by atoms with E-state index in [0.717, 1.165) is 17.3 Å². The topological polar surface area (TPSA) is 54.7 Å². The maximum absolute atomic E-state index is 12.4. The van der Waals surface area contributed by atoms with Crippen LogP contribution in [0.15, 0.2) is 41.8 Å². The number of imidazole rings is 1. The summed E-state index contributed by atoms with van der Waals surface area (Å²) in [5, 5.41) is 0.738. The van der Waals surface area contributed by atoms with Gasteiger partial charge in [0, 0.05) is 24.2 Å². The van der Waals surface area contributed by atoms with Crippen molar-refractivity contribution in [2.75, 3.05) is 5.75 Å². The van der Waals surface area contributed by atoms with E-state index in [4.69, 9.17) is 5.73 Å². The van der Waals surface area contributed by atoms with Crippen molar-refractivity contribution in [3.8, 4) is 0 Å². The molecular formula is C12H12F3N3S. The van der Waals surface area contributed by atoms with Gasteiger partial charge in [0.05, 0.1) is 5.56 Å². The van der Waals surface area contributed by atoms with Crippen molar-refractivity contribution >= 4 is 11.8 Å². The molecule has 0 spiro atoms. The fourth-order valence-corrected chi connectivity index (χ4v) is 2.33. The molecule has 3 N–H and O–H groups in total. The summed E-state index contributed by atoms with van der Waals surface area (Å²) in [6.45, 7) is 0. The monoisotopic (exact) mass is 287 g/mol. The van der Waals surface area contributed by atoms with E-state index in [1.54, 1.807) is 12.4 Å². The fraction of sp³-hybridized carbons (Fsp3) is 0.250. The number of nitrogens with two attached hydrogens (primary N) is 1. The van der Waals surface area contributed by atoms with E-state index in [-0.39, 0.29) is 6.04 Å². The van der Waals surface area contributed by atoms with Crippen molar-refractivity contribution in [1.29, 1.82) is 0 Å². The smallest absolute Gasteiger partial charge is 0.340 e. The Morgan fingerprint density at radius 1 is 1.26 bits per heavy atom. The Hall–Kier alpha value is -1.47. The highest BCUT2D eigenvalue weighted by Gasteiger charge is 2.30. The molecule has 0 saturated carbocycles. The molecule has 0 bridgehead atoms. The zero-order chi connectivity index (χ0) is 13.9. The minimum Gasteiger partial charge on any atom is -0.340 e. The number of aromatic amines is 1. The number of alkyl halides is 3. The number of hydrogen-bond acceptors (Lipinski definition) is 3. The predicted molar refractivity (Wildman–Crippen MR) is 67.7 cm³/mol. The number of halogens is 3. The highest BCUT2D eigenvalue weighted by Crippen LogP contribution is 2.30. The highest BCUT2D eigenvalue weighted by atomic mass is 32.2. The zero-order valence-electron chi connectivity index (χ0n) is 9.82. The summed E-state index contributed by atoms with van der Waals surface area (Å²) in [5.74, 6) is 0.541. The number of hydrogen-bond donors (Lipinski definition) is 2. The number of thioether (sulfide) groups is 1. The van der Waals surface area contributed by atoms with Crippen LogP contribution in [0.3, 0.4) is 0 Å². The Kier molecular flexibility index (Phi) is 4.16. The lowest BCUT2D eigenvalue weighted by molar-refractivity contribution is -0.137. The fourth-order valence-electron chi connectivity index (χ4n) is 1.51. The molecule has 2 aromatic rings. The molecule has 7 heteroatoms. The van der Waals surface area contributed by atoms with E-state index >= 15 is 0 Å². The standard InChI is InChI=1S/C12H12F3N3S/c13-12(14,15)9-3-1-8(2-4-9)10(16)7-19-11-17-5-6-18-11/h1-6,10H,7,16H2,(H,17,18). The summed E-state index contributed by atoms with van der Waals surface area (Å²) in [7, 11) is 0. The van der Waals surface area contributed by atoms with Gasteiger partial charge in [-0.25, -0.2) is 4.98 Å². The van der Waals surface area contributed by atoms with Crippen LogP contribution < -0.4 is 5.73 Å². The first-order valence-electron chi connectivity index (χ1n) is 5.52. The molecule has 3 nitrogen and oxygen atoms in total. The number of nitrogens with one attached hydrogen (secondary N) is 1. The van der Waals surface area contributed by atoms with E-state index in [1.165, 1.54) is 23.9 Å². The molecule has 102 valence electrons. The van der Waals surface area contributed by atoms with Gasteiger partial charge in [-0.3, -0.25) is 0 Å². The maximum atomic E-state index is 12.4. The summed E-state index contributed by atoms with van der Waals surface area (Å²) in [6.07, 6.45) is -0.983. The molecule has 0 aliphatic heterocycles. The second-order valence-electron chi connectivity index (χ2n) is 3.93. The number of benzene rings is 1. The third kappa shape index (κ3) is 3.74. The van der Waals surface area contributed by atoms with Crippen molar-refractivity contribution in [2.45, 2.75) is 17.4 Å². The quantitative estimate of drug-likeness (QED) is 0.849. The highest BCUT2D eigenvalue weighted by molar-refractivity contribution is 7.99. The first kappa shape index (κ1) is 14.0. The Morgan fingerprint density at radius 2 is 1.95 bits per heavy atom. The van der Waals surface area contributed by atoms with Crippen molar-refractivity contribution < 1.29 is 13.2 Å². The van der Waals surface area contributed by atoms with Gasteiger partial charge in [-0.1, -0.05) is 23.9 Å². The number of rotatable bonds is 4. The predicted octanol–water partition coefficient (Wildman–Crippen LogP) is 3.22. The van der Waals surface area contributed by atoms with E-state index < -0.39 is 11.7 Å². The SMILES string of the molecule is NC(CSc1ncc[nH]1)c1ccc(C(F)(F)F)cc1. The Morgan fingerprint density at radius 3 is 2.47 bits per heavy atom. The van der Waals surface area contributed by atoms with Crippen LogP contribution in [-0.2, 0) is 6.18 Å². The van der Waals surface area contributed by atoms with Crippen LogP contribution in [-0.4, -0.2) is 15.7 Å². The van der Waals surface area contributed by atoms with Crippen LogP contribution in [0, 0.1) is 0 Å². The van der Waals surface area contributed by atoms with Gasteiger partial charge in [0.25, 0.3) is 0 Å². The third-order valence-corrected chi connectivity index (χ3v) is 3.56. The maximum Gasteiger partial charge on any atom is 0.416 e. The second-order valence-corrected chi connectivity index (χ2v) is 4.94. The molecule has 0 radical (unpaired) electrons. The Labute approximate surface area is 112 Å². The van der Waals surface area contributed by atoms with Crippen molar-refractivity contribution in [1.82, 2.24) is 9.97 Å². The van der Waals surface area contributed by atoms with Gasteiger partial charge in [0.15, 0.2) is 5.16 Å². The summed E-state index contributed by atoms with van der Waals surface area (Å²) in [5.41, 5.74) is 5.94. The molecule has 0 saturated heterocycles. The summed E-state index contributed by atoms with van der Waals surface area (Å²) >= 11 is 1.43. The Bertz CT molecular complexity index is 508. The average molecular weight is 287 g/mol. The van der Waals surface area contributed by atoms with Crippen LogP contribution in [0.2, 0.25) is 0 Å². The molecule has 2 rings (SSSR count). The number of nitrogens with zero attached hydrogens (tertiary/aromatic N) is 1. The minimum absolute atomic E-state index is 0.336. The van der Waals surface area contributed by atoms with Gasteiger partial charge in [-0.15, -0.1) is 0 Å². The molecule has 0 amide bonds. The first-order valence-corrected chi connectivity index (χ1v) is 6.50. The van der Waals surface area contributed by atoms with Gasteiger partial charge in [0.2, 0.25) is 0 Å². The molecule has 1 aromatic heterocycles. The van der Waals surface area contributed by atoms with Crippen molar-refractivity contribution in [3.05, 3.63) is 47.8 Å². The van der Waals surface area contributed by atoms with E-state index in [1.807, 2.05) is 0 Å². The minimum atomic E-state index is -4.31. The summed E-state index contributed by atoms with van der Waals surface area (Å²) < 4.78 is 37.2. The van der Waals surface area contributed by atoms with Gasteiger partial charge in [-0.05, 0) is 17.7 Å². The van der Waals surface area contributed by atoms with Gasteiger partial charge in [-0.2, -0.15) is 13.2 Å². The first-order chi connectivity index (χ1) is 8.97. The lowest BCUT2D eigenvalue weighted by Gasteiger charge is -2.12. The van der Waals surface area contributed by atoms with Crippen LogP contribution in [0.4, 0.5) is 13.2 Å².